The molecule has 0 aromatic heterocycles. The van der Waals surface area contributed by atoms with Gasteiger partial charge in [-0.15, -0.1) is 0 Å². The maximum absolute atomic E-state index is 12.6. The second kappa shape index (κ2) is 6.32. The van der Waals surface area contributed by atoms with Crippen LogP contribution >= 0.6 is 0 Å². The number of carbonyl (C=O) groups excluding carboxylic acids is 2. The fourth-order valence-electron chi connectivity index (χ4n) is 3.79. The molecule has 2 aliphatic heterocycles. The molecule has 2 heterocycles. The molecule has 0 spiro atoms. The molecule has 5 nitrogen and oxygen atoms in total. The smallest absolute Gasteiger partial charge is 0.242 e. The SMILES string of the molecule is Cc1cccc(CN2CC[C@@H]3[C@H](C2)C(=O)N(C)CC(=O)N3C)c1. The topological polar surface area (TPSA) is 43.9 Å². The Morgan fingerprint density at radius 2 is 2.00 bits per heavy atom. The molecule has 1 aromatic carbocycles. The van der Waals surface area contributed by atoms with Gasteiger partial charge in [0.2, 0.25) is 11.8 Å². The summed E-state index contributed by atoms with van der Waals surface area (Å²) in [5.74, 6) is 0.0251. The quantitative estimate of drug-likeness (QED) is 0.821. The van der Waals surface area contributed by atoms with Crippen molar-refractivity contribution in [2.24, 2.45) is 5.92 Å². The zero-order valence-electron chi connectivity index (χ0n) is 14.2. The van der Waals surface area contributed by atoms with E-state index in [2.05, 4.69) is 36.1 Å². The molecule has 0 N–H and O–H groups in total. The molecule has 2 atom stereocenters. The van der Waals surface area contributed by atoms with Crippen molar-refractivity contribution in [1.29, 1.82) is 0 Å². The van der Waals surface area contributed by atoms with Crippen LogP contribution in [0.15, 0.2) is 24.3 Å². The monoisotopic (exact) mass is 315 g/mol. The number of aryl methyl sites for hydroxylation is 1. The third-order valence-electron chi connectivity index (χ3n) is 5.11. The first-order valence-electron chi connectivity index (χ1n) is 8.24. The Bertz CT molecular complexity index is 616. The number of rotatable bonds is 2. The van der Waals surface area contributed by atoms with Crippen LogP contribution in [0, 0.1) is 12.8 Å². The van der Waals surface area contributed by atoms with E-state index in [9.17, 15) is 9.59 Å². The third-order valence-corrected chi connectivity index (χ3v) is 5.11. The molecule has 0 aliphatic carbocycles. The Morgan fingerprint density at radius 1 is 1.22 bits per heavy atom. The van der Waals surface area contributed by atoms with Crippen molar-refractivity contribution >= 4 is 11.8 Å². The first-order chi connectivity index (χ1) is 11.0. The highest BCUT2D eigenvalue weighted by Crippen LogP contribution is 2.27. The summed E-state index contributed by atoms with van der Waals surface area (Å²) in [6.07, 6.45) is 0.859. The Kier molecular flexibility index (Phi) is 4.39. The van der Waals surface area contributed by atoms with Crippen molar-refractivity contribution in [3.8, 4) is 0 Å². The average molecular weight is 315 g/mol. The summed E-state index contributed by atoms with van der Waals surface area (Å²) >= 11 is 0. The van der Waals surface area contributed by atoms with Crippen molar-refractivity contribution < 1.29 is 9.59 Å². The number of likely N-dealkylation sites (N-methyl/N-ethyl adjacent to an activating group) is 2. The van der Waals surface area contributed by atoms with Crippen LogP contribution in [0.25, 0.3) is 0 Å². The average Bonchev–Trinajstić information content (AvgIpc) is 2.59. The van der Waals surface area contributed by atoms with Crippen LogP contribution in [-0.2, 0) is 16.1 Å². The lowest BCUT2D eigenvalue weighted by Crippen LogP contribution is -2.52. The maximum Gasteiger partial charge on any atom is 0.242 e. The first-order valence-corrected chi connectivity index (χ1v) is 8.24. The highest BCUT2D eigenvalue weighted by Gasteiger charge is 2.42. The fourth-order valence-corrected chi connectivity index (χ4v) is 3.79. The molecule has 2 fully saturated rings. The molecule has 0 radical (unpaired) electrons. The largest absolute Gasteiger partial charge is 0.340 e. The van der Waals surface area contributed by atoms with E-state index in [4.69, 9.17) is 0 Å². The summed E-state index contributed by atoms with van der Waals surface area (Å²) in [6.45, 7) is 4.79. The van der Waals surface area contributed by atoms with Crippen molar-refractivity contribution in [1.82, 2.24) is 14.7 Å². The lowest BCUT2D eigenvalue weighted by molar-refractivity contribution is -0.136. The molecule has 5 heteroatoms. The molecule has 2 saturated heterocycles. The van der Waals surface area contributed by atoms with Crippen LogP contribution in [0.3, 0.4) is 0 Å². The Balaban J connectivity index is 1.75. The zero-order valence-corrected chi connectivity index (χ0v) is 14.2. The molecule has 0 unspecified atom stereocenters. The van der Waals surface area contributed by atoms with Crippen LogP contribution in [0.4, 0.5) is 0 Å². The zero-order chi connectivity index (χ0) is 16.6. The minimum absolute atomic E-state index is 0.0358. The molecule has 3 rings (SSSR count). The molecule has 23 heavy (non-hydrogen) atoms. The molecular weight excluding hydrogens is 290 g/mol. The number of piperidine rings is 1. The number of fused-ring (bicyclic) bond motifs is 1. The number of carbonyl (C=O) groups is 2. The van der Waals surface area contributed by atoms with Gasteiger partial charge < -0.3 is 9.80 Å². The molecule has 2 amide bonds. The molecule has 0 saturated carbocycles. The van der Waals surface area contributed by atoms with E-state index in [1.54, 1.807) is 16.8 Å². The summed E-state index contributed by atoms with van der Waals surface area (Å²) in [5.41, 5.74) is 2.54. The summed E-state index contributed by atoms with van der Waals surface area (Å²) in [5, 5.41) is 0. The second-order valence-electron chi connectivity index (χ2n) is 6.89. The van der Waals surface area contributed by atoms with Gasteiger partial charge >= 0.3 is 0 Å². The normalized spacial score (nSPS) is 26.2. The van der Waals surface area contributed by atoms with E-state index in [-0.39, 0.29) is 30.3 Å². The molecule has 1 aromatic rings. The minimum Gasteiger partial charge on any atom is -0.340 e. The van der Waals surface area contributed by atoms with Gasteiger partial charge in [-0.3, -0.25) is 14.5 Å². The third kappa shape index (κ3) is 3.24. The summed E-state index contributed by atoms with van der Waals surface area (Å²) in [6, 6.07) is 8.54. The van der Waals surface area contributed by atoms with Gasteiger partial charge in [0.05, 0.1) is 12.5 Å². The number of nitrogens with zero attached hydrogens (tertiary/aromatic N) is 3. The van der Waals surface area contributed by atoms with E-state index in [1.165, 1.54) is 11.1 Å². The molecule has 2 aliphatic rings. The van der Waals surface area contributed by atoms with Gasteiger partial charge in [0.1, 0.15) is 0 Å². The van der Waals surface area contributed by atoms with E-state index >= 15 is 0 Å². The predicted molar refractivity (Wildman–Crippen MR) is 88.8 cm³/mol. The van der Waals surface area contributed by atoms with E-state index in [0.717, 1.165) is 26.1 Å². The van der Waals surface area contributed by atoms with Crippen LogP contribution in [0.5, 0.6) is 0 Å². The first kappa shape index (κ1) is 16.0. The van der Waals surface area contributed by atoms with Crippen molar-refractivity contribution in [3.63, 3.8) is 0 Å². The van der Waals surface area contributed by atoms with Crippen molar-refractivity contribution in [2.75, 3.05) is 33.7 Å². The van der Waals surface area contributed by atoms with Crippen LogP contribution in [0.1, 0.15) is 17.5 Å². The molecule has 0 bridgehead atoms. The lowest BCUT2D eigenvalue weighted by Gasteiger charge is -2.40. The van der Waals surface area contributed by atoms with Crippen molar-refractivity contribution in [2.45, 2.75) is 25.9 Å². The van der Waals surface area contributed by atoms with Gasteiger partial charge in [-0.05, 0) is 18.9 Å². The van der Waals surface area contributed by atoms with Gasteiger partial charge in [0, 0.05) is 39.8 Å². The summed E-state index contributed by atoms with van der Waals surface area (Å²) in [4.78, 5) is 30.5. The predicted octanol–water partition coefficient (Wildman–Crippen LogP) is 1.12. The highest BCUT2D eigenvalue weighted by atomic mass is 16.2. The van der Waals surface area contributed by atoms with Crippen LogP contribution in [0.2, 0.25) is 0 Å². The van der Waals surface area contributed by atoms with Crippen molar-refractivity contribution in [3.05, 3.63) is 35.4 Å². The van der Waals surface area contributed by atoms with E-state index in [1.807, 2.05) is 7.05 Å². The van der Waals surface area contributed by atoms with Gasteiger partial charge in [-0.1, -0.05) is 29.8 Å². The van der Waals surface area contributed by atoms with Crippen LogP contribution in [-0.4, -0.2) is 66.3 Å². The van der Waals surface area contributed by atoms with Crippen LogP contribution < -0.4 is 0 Å². The van der Waals surface area contributed by atoms with Gasteiger partial charge in [-0.25, -0.2) is 0 Å². The number of benzene rings is 1. The Labute approximate surface area is 137 Å². The highest BCUT2D eigenvalue weighted by molar-refractivity contribution is 5.89. The fraction of sp³-hybridized carbons (Fsp3) is 0.556. The summed E-state index contributed by atoms with van der Waals surface area (Å²) in [7, 11) is 3.57. The number of likely N-dealkylation sites (tertiary alicyclic amines) is 1. The van der Waals surface area contributed by atoms with E-state index < -0.39 is 0 Å². The maximum atomic E-state index is 12.6. The number of hydrogen-bond acceptors (Lipinski definition) is 3. The Morgan fingerprint density at radius 3 is 2.74 bits per heavy atom. The molecular formula is C18H25N3O2. The standard InChI is InChI=1S/C18H25N3O2/c1-13-5-4-6-14(9-13)10-21-8-7-16-15(11-21)18(23)19(2)12-17(22)20(16)3/h4-6,9,15-16H,7-8,10-12H2,1-3H3/t15-,16+/m0/s1. The number of amides is 2. The molecule has 124 valence electrons. The van der Waals surface area contributed by atoms with Gasteiger partial charge in [-0.2, -0.15) is 0 Å². The Hall–Kier alpha value is -1.88. The van der Waals surface area contributed by atoms with E-state index in [0.29, 0.717) is 0 Å². The second-order valence-corrected chi connectivity index (χ2v) is 6.89. The van der Waals surface area contributed by atoms with Gasteiger partial charge in [0.15, 0.2) is 0 Å². The number of hydrogen-bond donors (Lipinski definition) is 0. The summed E-state index contributed by atoms with van der Waals surface area (Å²) < 4.78 is 0. The lowest BCUT2D eigenvalue weighted by atomic mass is 9.90. The van der Waals surface area contributed by atoms with Gasteiger partial charge in [0.25, 0.3) is 0 Å². The minimum atomic E-state index is -0.116.